The van der Waals surface area contributed by atoms with Gasteiger partial charge in [-0.3, -0.25) is 9.69 Å². The highest BCUT2D eigenvalue weighted by atomic mass is 16.6. The summed E-state index contributed by atoms with van der Waals surface area (Å²) in [6, 6.07) is 17.9. The van der Waals surface area contributed by atoms with Gasteiger partial charge >= 0.3 is 12.1 Å². The summed E-state index contributed by atoms with van der Waals surface area (Å²) in [7, 11) is 0. The topological polar surface area (TPSA) is 84.9 Å². The van der Waals surface area contributed by atoms with Crippen molar-refractivity contribution in [2.24, 2.45) is 11.8 Å². The van der Waals surface area contributed by atoms with Crippen molar-refractivity contribution in [3.63, 3.8) is 0 Å². The zero-order chi connectivity index (χ0) is 24.9. The molecule has 3 fully saturated rings. The van der Waals surface area contributed by atoms with E-state index in [9.17, 15) is 14.4 Å². The minimum atomic E-state index is -0.978. The molecule has 0 spiro atoms. The Balaban J connectivity index is 1.29. The van der Waals surface area contributed by atoms with Gasteiger partial charge in [-0.25, -0.2) is 9.59 Å². The van der Waals surface area contributed by atoms with Crippen LogP contribution in [0.3, 0.4) is 0 Å². The van der Waals surface area contributed by atoms with Gasteiger partial charge in [0.15, 0.2) is 5.78 Å². The van der Waals surface area contributed by atoms with Crippen molar-refractivity contribution in [1.82, 2.24) is 10.2 Å². The van der Waals surface area contributed by atoms with Crippen LogP contribution < -0.4 is 5.32 Å². The fourth-order valence-corrected chi connectivity index (χ4v) is 6.00. The number of likely N-dealkylation sites (tertiary alicyclic amines) is 1. The Bertz CT molecular complexity index is 1050. The van der Waals surface area contributed by atoms with Crippen LogP contribution in [0.25, 0.3) is 0 Å². The van der Waals surface area contributed by atoms with Crippen LogP contribution in [0.4, 0.5) is 4.79 Å². The molecule has 2 heterocycles. The summed E-state index contributed by atoms with van der Waals surface area (Å²) in [5, 5.41) is 3.54. The SMILES string of the molecule is O=C(C1CC2CCCCC2N1)C1CCN(C(=O)OCc2ccccc2)[C@@H]1C(=O)OCc1ccccc1. The van der Waals surface area contributed by atoms with Crippen molar-refractivity contribution in [2.45, 2.75) is 69.9 Å². The number of nitrogens with zero attached hydrogens (tertiary/aromatic N) is 1. The molecule has 0 radical (unpaired) electrons. The van der Waals surface area contributed by atoms with Crippen molar-refractivity contribution in [3.05, 3.63) is 71.8 Å². The Kier molecular flexibility index (Phi) is 7.66. The average Bonchev–Trinajstić information content (AvgIpc) is 3.56. The van der Waals surface area contributed by atoms with Crippen LogP contribution in [0.5, 0.6) is 0 Å². The van der Waals surface area contributed by atoms with E-state index in [1.807, 2.05) is 60.7 Å². The van der Waals surface area contributed by atoms with Crippen molar-refractivity contribution >= 4 is 17.8 Å². The van der Waals surface area contributed by atoms with E-state index in [4.69, 9.17) is 9.47 Å². The second-order valence-electron chi connectivity index (χ2n) is 10.2. The maximum Gasteiger partial charge on any atom is 0.410 e. The van der Waals surface area contributed by atoms with Crippen LogP contribution in [0.1, 0.15) is 49.7 Å². The average molecular weight is 491 g/mol. The first-order valence-corrected chi connectivity index (χ1v) is 13.1. The molecule has 1 N–H and O–H groups in total. The Morgan fingerprint density at radius 3 is 2.14 bits per heavy atom. The van der Waals surface area contributed by atoms with Crippen molar-refractivity contribution in [2.75, 3.05) is 6.54 Å². The Hall–Kier alpha value is -3.19. The van der Waals surface area contributed by atoms with Gasteiger partial charge in [-0.05, 0) is 42.7 Å². The molecule has 2 aliphatic heterocycles. The summed E-state index contributed by atoms with van der Waals surface area (Å²) in [5.74, 6) is -0.620. The fourth-order valence-electron chi connectivity index (χ4n) is 6.00. The van der Waals surface area contributed by atoms with Gasteiger partial charge in [0.05, 0.1) is 12.0 Å². The van der Waals surface area contributed by atoms with Crippen LogP contribution in [-0.2, 0) is 32.3 Å². The molecule has 5 atom stereocenters. The van der Waals surface area contributed by atoms with Crippen LogP contribution in [0.2, 0.25) is 0 Å². The predicted molar refractivity (Wildman–Crippen MR) is 134 cm³/mol. The lowest BCUT2D eigenvalue weighted by atomic mass is 9.83. The molecule has 36 heavy (non-hydrogen) atoms. The number of ether oxygens (including phenoxy) is 2. The lowest BCUT2D eigenvalue weighted by molar-refractivity contribution is -0.153. The standard InChI is InChI=1S/C29H34N2O5/c32-27(25-17-22-13-7-8-14-24(22)30-25)23-15-16-31(29(34)36-19-21-11-5-2-6-12-21)26(23)28(33)35-18-20-9-3-1-4-10-20/h1-6,9-12,22-26,30H,7-8,13-19H2/t22?,23?,24?,25?,26-/m0/s1. The molecule has 190 valence electrons. The zero-order valence-electron chi connectivity index (χ0n) is 20.5. The fraction of sp³-hybridized carbons (Fsp3) is 0.483. The quantitative estimate of drug-likeness (QED) is 0.584. The van der Waals surface area contributed by atoms with Crippen LogP contribution >= 0.6 is 0 Å². The molecule has 2 aromatic rings. The molecule has 7 heteroatoms. The minimum absolute atomic E-state index is 0.0180. The third-order valence-corrected chi connectivity index (χ3v) is 7.87. The predicted octanol–water partition coefficient (Wildman–Crippen LogP) is 4.25. The number of nitrogens with one attached hydrogen (secondary N) is 1. The number of ketones is 1. The summed E-state index contributed by atoms with van der Waals surface area (Å²) in [5.41, 5.74) is 1.71. The van der Waals surface area contributed by atoms with E-state index in [0.717, 1.165) is 30.4 Å². The molecule has 0 aromatic heterocycles. The molecule has 1 aliphatic carbocycles. The number of carbonyl (C=O) groups excluding carboxylic acids is 3. The lowest BCUT2D eigenvalue weighted by Crippen LogP contribution is -2.49. The van der Waals surface area contributed by atoms with Gasteiger partial charge in [-0.2, -0.15) is 0 Å². The summed E-state index contributed by atoms with van der Waals surface area (Å²) in [4.78, 5) is 41.5. The summed E-state index contributed by atoms with van der Waals surface area (Å²) in [6.07, 6.45) is 5.29. The van der Waals surface area contributed by atoms with Crippen molar-refractivity contribution in [1.29, 1.82) is 0 Å². The number of amides is 1. The van der Waals surface area contributed by atoms with Gasteiger partial charge in [0.25, 0.3) is 0 Å². The first-order chi connectivity index (χ1) is 17.6. The van der Waals surface area contributed by atoms with Crippen LogP contribution in [-0.4, -0.2) is 47.4 Å². The second kappa shape index (κ2) is 11.2. The molecule has 2 aromatic carbocycles. The van der Waals surface area contributed by atoms with Gasteiger partial charge in [0.2, 0.25) is 0 Å². The molecule has 2 saturated heterocycles. The Morgan fingerprint density at radius 2 is 1.47 bits per heavy atom. The number of Topliss-reactive ketones (excluding diaryl/α,β-unsaturated/α-hetero) is 1. The van der Waals surface area contributed by atoms with Crippen molar-refractivity contribution in [3.8, 4) is 0 Å². The largest absolute Gasteiger partial charge is 0.459 e. The first kappa shape index (κ1) is 24.5. The highest BCUT2D eigenvalue weighted by Gasteiger charge is 2.50. The molecular formula is C29H34N2O5. The van der Waals surface area contributed by atoms with Gasteiger partial charge in [0, 0.05) is 12.6 Å². The van der Waals surface area contributed by atoms with E-state index in [-0.39, 0.29) is 31.6 Å². The maximum atomic E-state index is 13.7. The lowest BCUT2D eigenvalue weighted by Gasteiger charge is -2.27. The molecular weight excluding hydrogens is 456 g/mol. The second-order valence-corrected chi connectivity index (χ2v) is 10.2. The van der Waals surface area contributed by atoms with Gasteiger partial charge < -0.3 is 14.8 Å². The summed E-state index contributed by atoms with van der Waals surface area (Å²) < 4.78 is 11.2. The smallest absolute Gasteiger partial charge is 0.410 e. The van der Waals surface area contributed by atoms with Crippen molar-refractivity contribution < 1.29 is 23.9 Å². The summed E-state index contributed by atoms with van der Waals surface area (Å²) in [6.45, 7) is 0.485. The zero-order valence-corrected chi connectivity index (χ0v) is 20.5. The van der Waals surface area contributed by atoms with Gasteiger partial charge in [-0.15, -0.1) is 0 Å². The number of hydrogen-bond acceptors (Lipinski definition) is 6. The monoisotopic (exact) mass is 490 g/mol. The van der Waals surface area contributed by atoms with Crippen LogP contribution in [0, 0.1) is 11.8 Å². The van der Waals surface area contributed by atoms with E-state index in [0.29, 0.717) is 18.4 Å². The Morgan fingerprint density at radius 1 is 0.833 bits per heavy atom. The number of benzene rings is 2. The van der Waals surface area contributed by atoms with E-state index >= 15 is 0 Å². The molecule has 4 unspecified atom stereocenters. The van der Waals surface area contributed by atoms with Crippen LogP contribution in [0.15, 0.2) is 60.7 Å². The molecule has 1 saturated carbocycles. The molecule has 3 aliphatic rings. The maximum absolute atomic E-state index is 13.7. The van der Waals surface area contributed by atoms with E-state index in [1.54, 1.807) is 0 Å². The molecule has 0 bridgehead atoms. The third-order valence-electron chi connectivity index (χ3n) is 7.87. The number of esters is 1. The Labute approximate surface area is 212 Å². The minimum Gasteiger partial charge on any atom is -0.459 e. The number of rotatable bonds is 7. The number of hydrogen-bond donors (Lipinski definition) is 1. The van der Waals surface area contributed by atoms with Gasteiger partial charge in [0.1, 0.15) is 19.3 Å². The number of carbonyl (C=O) groups is 3. The molecule has 5 rings (SSSR count). The van der Waals surface area contributed by atoms with E-state index in [1.165, 1.54) is 17.7 Å². The highest BCUT2D eigenvalue weighted by molar-refractivity contribution is 5.94. The van der Waals surface area contributed by atoms with E-state index in [2.05, 4.69) is 5.32 Å². The normalized spacial score (nSPS) is 27.3. The van der Waals surface area contributed by atoms with Gasteiger partial charge in [-0.1, -0.05) is 73.5 Å². The third kappa shape index (κ3) is 5.46. The highest BCUT2D eigenvalue weighted by Crippen LogP contribution is 2.36. The molecule has 7 nitrogen and oxygen atoms in total. The first-order valence-electron chi connectivity index (χ1n) is 13.1. The number of fused-ring (bicyclic) bond motifs is 1. The molecule has 1 amide bonds. The summed E-state index contributed by atoms with van der Waals surface area (Å²) >= 11 is 0. The van der Waals surface area contributed by atoms with E-state index < -0.39 is 24.0 Å².